The van der Waals surface area contributed by atoms with E-state index in [1.165, 1.54) is 32.5 Å². The number of carbonyl (C=O) groups is 1. The lowest BCUT2D eigenvalue weighted by molar-refractivity contribution is -0.125. The summed E-state index contributed by atoms with van der Waals surface area (Å²) in [5.41, 5.74) is 2.22. The molecule has 0 aromatic heterocycles. The second-order valence-electron chi connectivity index (χ2n) is 10.2. The highest BCUT2D eigenvalue weighted by Crippen LogP contribution is 2.24. The van der Waals surface area contributed by atoms with E-state index in [0.717, 1.165) is 30.1 Å². The number of carbonyl (C=O) groups excluding carboxylic acids is 1. The number of amides is 1. The highest BCUT2D eigenvalue weighted by atomic mass is 16.2. The monoisotopic (exact) mass is 448 g/mol. The van der Waals surface area contributed by atoms with Gasteiger partial charge in [-0.1, -0.05) is 60.7 Å². The lowest BCUT2D eigenvalue weighted by atomic mass is 9.95. The van der Waals surface area contributed by atoms with Gasteiger partial charge in [-0.25, -0.2) is 0 Å². The van der Waals surface area contributed by atoms with Gasteiger partial charge >= 0.3 is 0 Å². The van der Waals surface area contributed by atoms with Gasteiger partial charge in [0.1, 0.15) is 0 Å². The van der Waals surface area contributed by atoms with Gasteiger partial charge in [-0.2, -0.15) is 0 Å². The molecule has 1 N–H and O–H groups in total. The molecule has 2 atom stereocenters. The van der Waals surface area contributed by atoms with Gasteiger partial charge in [-0.3, -0.25) is 14.6 Å². The van der Waals surface area contributed by atoms with Crippen LogP contribution in [0, 0.1) is 5.92 Å². The Labute approximate surface area is 199 Å². The number of piperazine rings is 1. The Morgan fingerprint density at radius 2 is 1.42 bits per heavy atom. The third-order valence-corrected chi connectivity index (χ3v) is 7.43. The number of rotatable bonds is 7. The van der Waals surface area contributed by atoms with Gasteiger partial charge in [-0.05, 0) is 63.9 Å². The minimum Gasteiger partial charge on any atom is -0.344 e. The molecule has 0 radical (unpaired) electrons. The van der Waals surface area contributed by atoms with Crippen molar-refractivity contribution in [3.63, 3.8) is 0 Å². The summed E-state index contributed by atoms with van der Waals surface area (Å²) in [7, 11) is 2.23. The van der Waals surface area contributed by atoms with Crippen molar-refractivity contribution < 1.29 is 4.79 Å². The van der Waals surface area contributed by atoms with Gasteiger partial charge < -0.3 is 10.2 Å². The van der Waals surface area contributed by atoms with Crippen LogP contribution in [-0.2, 0) is 4.79 Å². The number of nitrogens with zero attached hydrogens (tertiary/aromatic N) is 3. The van der Waals surface area contributed by atoms with E-state index in [4.69, 9.17) is 0 Å². The predicted octanol–water partition coefficient (Wildman–Crippen LogP) is 3.63. The first kappa shape index (κ1) is 23.9. The number of likely N-dealkylation sites (tertiary alicyclic amines) is 1. The number of hydrogen-bond donors (Lipinski definition) is 1. The minimum atomic E-state index is -0.128. The van der Waals surface area contributed by atoms with Crippen molar-refractivity contribution in [3.8, 4) is 0 Å². The first-order valence-corrected chi connectivity index (χ1v) is 12.6. The topological polar surface area (TPSA) is 38.8 Å². The maximum atomic E-state index is 13.2. The summed E-state index contributed by atoms with van der Waals surface area (Å²) in [6, 6.07) is 21.1. The van der Waals surface area contributed by atoms with Crippen LogP contribution in [-0.4, -0.2) is 79.0 Å². The molecule has 2 unspecified atom stereocenters. The van der Waals surface area contributed by atoms with Crippen molar-refractivity contribution in [2.45, 2.75) is 44.8 Å². The molecule has 0 bridgehead atoms. The van der Waals surface area contributed by atoms with Crippen LogP contribution in [0.25, 0.3) is 0 Å². The summed E-state index contributed by atoms with van der Waals surface area (Å²) in [6.07, 6.45) is 2.62. The van der Waals surface area contributed by atoms with Crippen LogP contribution in [0.1, 0.15) is 43.9 Å². The predicted molar refractivity (Wildman–Crippen MR) is 135 cm³/mol. The van der Waals surface area contributed by atoms with Crippen LogP contribution in [0.4, 0.5) is 0 Å². The Morgan fingerprint density at radius 1 is 0.909 bits per heavy atom. The molecule has 2 fully saturated rings. The molecule has 4 rings (SSSR count). The fourth-order valence-electron chi connectivity index (χ4n) is 5.56. The van der Waals surface area contributed by atoms with Crippen molar-refractivity contribution in [2.75, 3.05) is 46.3 Å². The summed E-state index contributed by atoms with van der Waals surface area (Å²) < 4.78 is 0. The Balaban J connectivity index is 1.35. The van der Waals surface area contributed by atoms with Crippen LogP contribution in [0.15, 0.2) is 60.7 Å². The van der Waals surface area contributed by atoms with Crippen molar-refractivity contribution in [1.29, 1.82) is 0 Å². The summed E-state index contributed by atoms with van der Waals surface area (Å²) in [5.74, 6) is 0.906. The van der Waals surface area contributed by atoms with Gasteiger partial charge in [0, 0.05) is 31.7 Å². The Kier molecular flexibility index (Phi) is 8.18. The summed E-state index contributed by atoms with van der Waals surface area (Å²) >= 11 is 0. The van der Waals surface area contributed by atoms with Crippen LogP contribution in [0.5, 0.6) is 0 Å². The molecule has 178 valence electrons. The number of hydrogen-bond acceptors (Lipinski definition) is 4. The number of nitrogens with one attached hydrogen (secondary N) is 1. The first-order chi connectivity index (χ1) is 16.0. The van der Waals surface area contributed by atoms with Crippen molar-refractivity contribution in [1.82, 2.24) is 20.0 Å². The molecule has 1 amide bonds. The number of benzene rings is 2. The van der Waals surface area contributed by atoms with Crippen LogP contribution in [0.3, 0.4) is 0 Å². The van der Waals surface area contributed by atoms with Crippen molar-refractivity contribution in [2.24, 2.45) is 5.92 Å². The minimum absolute atomic E-state index is 0.0928. The molecule has 2 aliphatic heterocycles. The van der Waals surface area contributed by atoms with E-state index in [2.05, 4.69) is 65.2 Å². The van der Waals surface area contributed by atoms with Gasteiger partial charge in [0.05, 0.1) is 12.6 Å². The Bertz CT molecular complexity index is 814. The molecule has 2 saturated heterocycles. The zero-order chi connectivity index (χ0) is 23.2. The Morgan fingerprint density at radius 3 is 1.94 bits per heavy atom. The molecule has 0 aliphatic carbocycles. The smallest absolute Gasteiger partial charge is 0.234 e. The van der Waals surface area contributed by atoms with E-state index in [9.17, 15) is 4.79 Å². The number of piperidine rings is 1. The van der Waals surface area contributed by atoms with E-state index in [-0.39, 0.29) is 11.9 Å². The van der Waals surface area contributed by atoms with Crippen LogP contribution in [0.2, 0.25) is 0 Å². The third-order valence-electron chi connectivity index (χ3n) is 7.43. The van der Waals surface area contributed by atoms with Crippen LogP contribution < -0.4 is 5.32 Å². The molecule has 0 spiro atoms. The molecule has 2 aliphatic rings. The van der Waals surface area contributed by atoms with Crippen molar-refractivity contribution in [3.05, 3.63) is 71.8 Å². The summed E-state index contributed by atoms with van der Waals surface area (Å²) in [6.45, 7) is 10.7. The van der Waals surface area contributed by atoms with E-state index >= 15 is 0 Å². The summed E-state index contributed by atoms with van der Waals surface area (Å²) in [4.78, 5) is 20.7. The molecule has 33 heavy (non-hydrogen) atoms. The standard InChI is InChI=1S/C28H40N4O/c1-22-18-31(20-24-14-16-30(3)17-15-24)19-23(2)32(22)21-27(33)29-28(25-10-6-4-7-11-25)26-12-8-5-9-13-26/h4-13,22-24,28H,14-21H2,1-3H3,(H,29,33). The second kappa shape index (κ2) is 11.3. The van der Waals surface area contributed by atoms with E-state index < -0.39 is 0 Å². The second-order valence-corrected chi connectivity index (χ2v) is 10.2. The SMILES string of the molecule is CC1CN(CC2CCN(C)CC2)CC(C)N1CC(=O)NC(c1ccccc1)c1ccccc1. The average Bonchev–Trinajstić information content (AvgIpc) is 2.82. The van der Waals surface area contributed by atoms with Crippen LogP contribution >= 0.6 is 0 Å². The normalized spacial score (nSPS) is 23.6. The van der Waals surface area contributed by atoms with E-state index in [0.29, 0.717) is 18.6 Å². The van der Waals surface area contributed by atoms with Crippen molar-refractivity contribution >= 4 is 5.91 Å². The average molecular weight is 449 g/mol. The molecule has 2 heterocycles. The van der Waals surface area contributed by atoms with Gasteiger partial charge in [0.25, 0.3) is 0 Å². The van der Waals surface area contributed by atoms with Gasteiger partial charge in [0.2, 0.25) is 5.91 Å². The fraction of sp³-hybridized carbons (Fsp3) is 0.536. The maximum Gasteiger partial charge on any atom is 0.234 e. The first-order valence-electron chi connectivity index (χ1n) is 12.6. The molecule has 2 aromatic carbocycles. The van der Waals surface area contributed by atoms with Gasteiger partial charge in [0.15, 0.2) is 0 Å². The van der Waals surface area contributed by atoms with E-state index in [1.54, 1.807) is 0 Å². The van der Waals surface area contributed by atoms with Gasteiger partial charge in [-0.15, -0.1) is 0 Å². The lowest BCUT2D eigenvalue weighted by Gasteiger charge is -2.45. The maximum absolute atomic E-state index is 13.2. The highest BCUT2D eigenvalue weighted by molar-refractivity contribution is 5.79. The largest absolute Gasteiger partial charge is 0.344 e. The molecular weight excluding hydrogens is 408 g/mol. The Hall–Kier alpha value is -2.21. The molecule has 0 saturated carbocycles. The third kappa shape index (κ3) is 6.44. The van der Waals surface area contributed by atoms with E-state index in [1.807, 2.05) is 36.4 Å². The molecular formula is C28H40N4O. The molecule has 5 heteroatoms. The molecule has 5 nitrogen and oxygen atoms in total. The highest BCUT2D eigenvalue weighted by Gasteiger charge is 2.32. The molecule has 2 aromatic rings. The zero-order valence-corrected chi connectivity index (χ0v) is 20.5. The summed E-state index contributed by atoms with van der Waals surface area (Å²) in [5, 5.41) is 3.32. The fourth-order valence-corrected chi connectivity index (χ4v) is 5.56. The lowest BCUT2D eigenvalue weighted by Crippen LogP contribution is -2.59. The quantitative estimate of drug-likeness (QED) is 0.702. The zero-order valence-electron chi connectivity index (χ0n) is 20.5.